The van der Waals surface area contributed by atoms with Gasteiger partial charge in [-0.1, -0.05) is 11.6 Å². The Morgan fingerprint density at radius 2 is 2.06 bits per heavy atom. The van der Waals surface area contributed by atoms with Crippen LogP contribution in [0.1, 0.15) is 25.8 Å². The van der Waals surface area contributed by atoms with Crippen molar-refractivity contribution in [2.75, 3.05) is 19.0 Å². The summed E-state index contributed by atoms with van der Waals surface area (Å²) in [7, 11) is 1.69. The molecule has 17 heavy (non-hydrogen) atoms. The van der Waals surface area contributed by atoms with Gasteiger partial charge in [0, 0.05) is 13.7 Å². The molecule has 0 unspecified atom stereocenters. The maximum atomic E-state index is 13.2. The highest BCUT2D eigenvalue weighted by Crippen LogP contribution is 2.25. The van der Waals surface area contributed by atoms with E-state index in [-0.39, 0.29) is 11.4 Å². The highest BCUT2D eigenvalue weighted by atomic mass is 35.5. The average molecular weight is 260 g/mol. The summed E-state index contributed by atoms with van der Waals surface area (Å²) in [5, 5.41) is 3.60. The summed E-state index contributed by atoms with van der Waals surface area (Å²) in [5.41, 5.74) is 1.18. The molecule has 0 aromatic heterocycles. The molecule has 1 N–H and O–H groups in total. The topological polar surface area (TPSA) is 21.3 Å². The van der Waals surface area contributed by atoms with Gasteiger partial charge in [0.1, 0.15) is 5.82 Å². The molecule has 1 aromatic carbocycles. The lowest BCUT2D eigenvalue weighted by Gasteiger charge is -2.23. The number of benzene rings is 1. The van der Waals surface area contributed by atoms with E-state index in [1.165, 1.54) is 6.07 Å². The first-order valence-electron chi connectivity index (χ1n) is 5.60. The normalized spacial score (nSPS) is 11.6. The molecule has 0 aliphatic carbocycles. The minimum absolute atomic E-state index is 0.172. The van der Waals surface area contributed by atoms with Gasteiger partial charge in [0.2, 0.25) is 0 Å². The number of nitrogens with one attached hydrogen (secondary N) is 1. The first kappa shape index (κ1) is 14.3. The average Bonchev–Trinajstić information content (AvgIpc) is 2.25. The molecule has 0 saturated carbocycles. The third-order valence-corrected chi connectivity index (χ3v) is 3.16. The Balaban J connectivity index is 2.61. The summed E-state index contributed by atoms with van der Waals surface area (Å²) in [5.74, 6) is -0.280. The third kappa shape index (κ3) is 4.17. The van der Waals surface area contributed by atoms with Crippen LogP contribution in [0.5, 0.6) is 0 Å². The molecule has 1 aromatic rings. The molecular weight excluding hydrogens is 241 g/mol. The predicted molar refractivity (Wildman–Crippen MR) is 70.3 cm³/mol. The van der Waals surface area contributed by atoms with Gasteiger partial charge in [0.15, 0.2) is 0 Å². The van der Waals surface area contributed by atoms with E-state index in [4.69, 9.17) is 16.3 Å². The zero-order chi connectivity index (χ0) is 13.1. The van der Waals surface area contributed by atoms with Crippen molar-refractivity contribution in [1.29, 1.82) is 0 Å². The van der Waals surface area contributed by atoms with Crippen molar-refractivity contribution in [2.45, 2.75) is 32.8 Å². The van der Waals surface area contributed by atoms with E-state index in [0.29, 0.717) is 10.6 Å². The maximum absolute atomic E-state index is 13.2. The van der Waals surface area contributed by atoms with Crippen LogP contribution in [-0.2, 0) is 4.74 Å². The smallest absolute Gasteiger partial charge is 0.127 e. The second-order valence-electron chi connectivity index (χ2n) is 4.72. The Hall–Kier alpha value is -0.800. The number of halogens is 2. The molecule has 0 radical (unpaired) electrons. The fourth-order valence-corrected chi connectivity index (χ4v) is 1.61. The van der Waals surface area contributed by atoms with Crippen molar-refractivity contribution in [2.24, 2.45) is 0 Å². The van der Waals surface area contributed by atoms with Crippen LogP contribution in [0.3, 0.4) is 0 Å². The first-order chi connectivity index (χ1) is 7.85. The molecule has 0 spiro atoms. The molecular formula is C13H19ClFNO. The van der Waals surface area contributed by atoms with Crippen LogP contribution in [-0.4, -0.2) is 19.3 Å². The van der Waals surface area contributed by atoms with Crippen LogP contribution >= 0.6 is 11.6 Å². The third-order valence-electron chi connectivity index (χ3n) is 2.84. The molecule has 2 nitrogen and oxygen atoms in total. The molecule has 0 atom stereocenters. The summed E-state index contributed by atoms with van der Waals surface area (Å²) in [6.07, 6.45) is 0.844. The van der Waals surface area contributed by atoms with Crippen molar-refractivity contribution in [3.8, 4) is 0 Å². The van der Waals surface area contributed by atoms with Gasteiger partial charge in [-0.05, 0) is 44.9 Å². The van der Waals surface area contributed by atoms with Crippen LogP contribution in [0.4, 0.5) is 10.1 Å². The lowest BCUT2D eigenvalue weighted by atomic mass is 10.1. The van der Waals surface area contributed by atoms with Crippen molar-refractivity contribution in [3.63, 3.8) is 0 Å². The number of ether oxygens (including phenoxy) is 1. The Morgan fingerprint density at radius 1 is 1.41 bits per heavy atom. The van der Waals surface area contributed by atoms with Gasteiger partial charge in [-0.25, -0.2) is 4.39 Å². The van der Waals surface area contributed by atoms with Gasteiger partial charge in [-0.2, -0.15) is 0 Å². The zero-order valence-corrected chi connectivity index (χ0v) is 11.5. The molecule has 0 amide bonds. The summed E-state index contributed by atoms with van der Waals surface area (Å²) in [6, 6.07) is 3.05. The zero-order valence-electron chi connectivity index (χ0n) is 10.7. The van der Waals surface area contributed by atoms with Gasteiger partial charge in [0.05, 0.1) is 16.3 Å². The highest BCUT2D eigenvalue weighted by molar-refractivity contribution is 6.33. The van der Waals surface area contributed by atoms with Crippen LogP contribution in [0.15, 0.2) is 12.1 Å². The quantitative estimate of drug-likeness (QED) is 0.863. The molecule has 1 rings (SSSR count). The number of hydrogen-bond donors (Lipinski definition) is 1. The van der Waals surface area contributed by atoms with Crippen molar-refractivity contribution >= 4 is 17.3 Å². The van der Waals surface area contributed by atoms with Crippen molar-refractivity contribution in [1.82, 2.24) is 0 Å². The van der Waals surface area contributed by atoms with E-state index < -0.39 is 0 Å². The van der Waals surface area contributed by atoms with Gasteiger partial charge in [-0.3, -0.25) is 0 Å². The minimum atomic E-state index is -0.280. The molecule has 0 heterocycles. The van der Waals surface area contributed by atoms with Crippen LogP contribution in [0, 0.1) is 12.7 Å². The second-order valence-corrected chi connectivity index (χ2v) is 5.13. The minimum Gasteiger partial charge on any atom is -0.384 e. The van der Waals surface area contributed by atoms with Gasteiger partial charge in [-0.15, -0.1) is 0 Å². The molecule has 0 fully saturated rings. The van der Waals surface area contributed by atoms with E-state index in [0.717, 1.165) is 18.7 Å². The molecule has 0 saturated heterocycles. The monoisotopic (exact) mass is 259 g/mol. The Bertz CT molecular complexity index is 393. The summed E-state index contributed by atoms with van der Waals surface area (Å²) in [4.78, 5) is 0. The van der Waals surface area contributed by atoms with Crippen molar-refractivity contribution < 1.29 is 9.13 Å². The standard InChI is InChI=1S/C13H19ClFNO/c1-9-7-12(10(14)8-11(9)15)16-6-5-13(2,3)17-4/h7-8,16H,5-6H2,1-4H3. The number of hydrogen-bond acceptors (Lipinski definition) is 2. The largest absolute Gasteiger partial charge is 0.384 e. The Kier molecular flexibility index (Phi) is 4.78. The highest BCUT2D eigenvalue weighted by Gasteiger charge is 2.15. The summed E-state index contributed by atoms with van der Waals surface area (Å²) in [6.45, 7) is 6.49. The van der Waals surface area contributed by atoms with Crippen LogP contribution in [0.2, 0.25) is 5.02 Å². The van der Waals surface area contributed by atoms with Gasteiger partial charge >= 0.3 is 0 Å². The Labute approximate surface area is 107 Å². The number of methoxy groups -OCH3 is 1. The number of aryl methyl sites for hydroxylation is 1. The predicted octanol–water partition coefficient (Wildman–Crippen LogP) is 4.01. The molecule has 0 aliphatic rings. The molecule has 0 aliphatic heterocycles. The van der Waals surface area contributed by atoms with E-state index in [1.54, 1.807) is 20.1 Å². The second kappa shape index (κ2) is 5.69. The molecule has 96 valence electrons. The van der Waals surface area contributed by atoms with Crippen LogP contribution in [0.25, 0.3) is 0 Å². The summed E-state index contributed by atoms with van der Waals surface area (Å²) >= 11 is 5.95. The fraction of sp³-hybridized carbons (Fsp3) is 0.538. The molecule has 0 bridgehead atoms. The first-order valence-corrected chi connectivity index (χ1v) is 5.98. The van der Waals surface area contributed by atoms with E-state index in [2.05, 4.69) is 5.32 Å². The van der Waals surface area contributed by atoms with E-state index in [9.17, 15) is 4.39 Å². The van der Waals surface area contributed by atoms with Crippen molar-refractivity contribution in [3.05, 3.63) is 28.5 Å². The number of anilines is 1. The lowest BCUT2D eigenvalue weighted by Crippen LogP contribution is -2.25. The maximum Gasteiger partial charge on any atom is 0.127 e. The lowest BCUT2D eigenvalue weighted by molar-refractivity contribution is 0.0185. The fourth-order valence-electron chi connectivity index (χ4n) is 1.39. The Morgan fingerprint density at radius 3 is 2.65 bits per heavy atom. The SMILES string of the molecule is COC(C)(C)CCNc1cc(C)c(F)cc1Cl. The van der Waals surface area contributed by atoms with E-state index in [1.807, 2.05) is 13.8 Å². The molecule has 4 heteroatoms. The number of rotatable bonds is 5. The van der Waals surface area contributed by atoms with Gasteiger partial charge < -0.3 is 10.1 Å². The van der Waals surface area contributed by atoms with Gasteiger partial charge in [0.25, 0.3) is 0 Å². The van der Waals surface area contributed by atoms with Crippen LogP contribution < -0.4 is 5.32 Å². The van der Waals surface area contributed by atoms with E-state index >= 15 is 0 Å². The summed E-state index contributed by atoms with van der Waals surface area (Å²) < 4.78 is 18.5.